The van der Waals surface area contributed by atoms with Crippen molar-refractivity contribution in [2.75, 3.05) is 0 Å². The number of alkyl halides is 3. The van der Waals surface area contributed by atoms with Crippen LogP contribution in [-0.2, 0) is 6.18 Å². The van der Waals surface area contributed by atoms with Crippen molar-refractivity contribution in [3.05, 3.63) is 23.3 Å². The Morgan fingerprint density at radius 2 is 1.96 bits per heavy atom. The highest BCUT2D eigenvalue weighted by Crippen LogP contribution is 2.33. The van der Waals surface area contributed by atoms with Crippen LogP contribution in [0.15, 0.2) is 6.07 Å². The average molecular weight is 410 g/mol. The summed E-state index contributed by atoms with van der Waals surface area (Å²) in [6.07, 6.45) is -3.68. The average Bonchev–Trinajstić information content (AvgIpc) is 3.35. The van der Waals surface area contributed by atoms with Crippen molar-refractivity contribution in [2.45, 2.75) is 46.3 Å². The first kappa shape index (κ1) is 18.6. The van der Waals surface area contributed by atoms with Gasteiger partial charge in [0.15, 0.2) is 5.01 Å². The van der Waals surface area contributed by atoms with Crippen LogP contribution in [0.4, 0.5) is 13.2 Å². The van der Waals surface area contributed by atoms with Gasteiger partial charge in [-0.05, 0) is 33.3 Å². The quantitative estimate of drug-likeness (QED) is 0.548. The molecule has 12 heteroatoms. The van der Waals surface area contributed by atoms with E-state index in [4.69, 9.17) is 0 Å². The van der Waals surface area contributed by atoms with Crippen LogP contribution in [0.3, 0.4) is 0 Å². The molecule has 4 heterocycles. The molecule has 0 radical (unpaired) electrons. The number of H-pyrrole nitrogens is 1. The Bertz CT molecular complexity index is 1150. The lowest BCUT2D eigenvalue weighted by molar-refractivity contribution is -0.146. The number of nitrogens with one attached hydrogen (secondary N) is 1. The molecule has 0 aliphatic rings. The number of hydrogen-bond acceptors (Lipinski definition) is 6. The fourth-order valence-corrected chi connectivity index (χ4v) is 3.90. The Morgan fingerprint density at radius 3 is 2.64 bits per heavy atom. The summed E-state index contributed by atoms with van der Waals surface area (Å²) >= 11 is 1.00. The van der Waals surface area contributed by atoms with Gasteiger partial charge in [-0.2, -0.15) is 33.0 Å². The number of fused-ring (bicyclic) bond motifs is 1. The minimum absolute atomic E-state index is 0.0652. The maximum Gasteiger partial charge on any atom is 0.453 e. The van der Waals surface area contributed by atoms with Crippen molar-refractivity contribution in [1.29, 1.82) is 0 Å². The van der Waals surface area contributed by atoms with Crippen LogP contribution < -0.4 is 0 Å². The van der Waals surface area contributed by atoms with Gasteiger partial charge in [0.2, 0.25) is 4.96 Å². The van der Waals surface area contributed by atoms with Crippen LogP contribution in [-0.4, -0.2) is 39.8 Å². The van der Waals surface area contributed by atoms with Gasteiger partial charge in [0.25, 0.3) is 5.82 Å². The maximum absolute atomic E-state index is 13.0. The van der Waals surface area contributed by atoms with Crippen LogP contribution >= 0.6 is 11.3 Å². The lowest BCUT2D eigenvalue weighted by atomic mass is 10.1. The summed E-state index contributed by atoms with van der Waals surface area (Å²) in [5.41, 5.74) is 3.91. The van der Waals surface area contributed by atoms with E-state index < -0.39 is 12.0 Å². The zero-order valence-corrected chi connectivity index (χ0v) is 16.4. The summed E-state index contributed by atoms with van der Waals surface area (Å²) in [5.74, 6) is -1.15. The van der Waals surface area contributed by atoms with Crippen molar-refractivity contribution in [1.82, 2.24) is 39.8 Å². The van der Waals surface area contributed by atoms with Gasteiger partial charge in [-0.1, -0.05) is 18.3 Å². The zero-order valence-electron chi connectivity index (χ0n) is 15.5. The maximum atomic E-state index is 13.0. The molecule has 0 fully saturated rings. The fourth-order valence-electron chi connectivity index (χ4n) is 3.10. The third-order valence-corrected chi connectivity index (χ3v) is 5.57. The first-order valence-corrected chi connectivity index (χ1v) is 9.43. The second-order valence-corrected chi connectivity index (χ2v) is 7.49. The number of rotatable bonds is 4. The predicted molar refractivity (Wildman–Crippen MR) is 96.9 cm³/mol. The monoisotopic (exact) mass is 410 g/mol. The molecule has 0 saturated carbocycles. The van der Waals surface area contributed by atoms with Gasteiger partial charge in [-0.25, -0.2) is 0 Å². The van der Waals surface area contributed by atoms with Gasteiger partial charge in [0.05, 0.1) is 17.1 Å². The number of aromatic nitrogens is 8. The summed E-state index contributed by atoms with van der Waals surface area (Å²) in [4.78, 5) is 0.0652. The lowest BCUT2D eigenvalue weighted by Gasteiger charge is -2.11. The SMILES string of the molecule is CC[C@H](C)n1nc(C)c(-c2cc(-c3nn4c(C(F)(F)F)nnc4s3)[nH]n2)c1C. The van der Waals surface area contributed by atoms with Gasteiger partial charge in [0.1, 0.15) is 0 Å². The van der Waals surface area contributed by atoms with Crippen molar-refractivity contribution in [2.24, 2.45) is 0 Å². The minimum atomic E-state index is -4.62. The Balaban J connectivity index is 1.74. The van der Waals surface area contributed by atoms with Crippen LogP contribution in [0.2, 0.25) is 0 Å². The highest BCUT2D eigenvalue weighted by molar-refractivity contribution is 7.19. The van der Waals surface area contributed by atoms with E-state index in [9.17, 15) is 13.2 Å². The third-order valence-electron chi connectivity index (χ3n) is 4.64. The molecular weight excluding hydrogens is 393 g/mol. The largest absolute Gasteiger partial charge is 0.453 e. The summed E-state index contributed by atoms with van der Waals surface area (Å²) in [5, 5.41) is 22.9. The number of nitrogens with zero attached hydrogens (tertiary/aromatic N) is 7. The van der Waals surface area contributed by atoms with Crippen LogP contribution in [0.25, 0.3) is 26.9 Å². The standard InChI is InChI=1S/C16H17F3N8S/c1-5-7(2)26-9(4)12(8(3)24-26)10-6-11(21-20-10)13-25-27-14(16(17,18)19)22-23-15(27)28-13/h6-7H,5H2,1-4H3,(H,20,21)/t7-/m0/s1. The van der Waals surface area contributed by atoms with E-state index in [2.05, 4.69) is 44.4 Å². The molecule has 0 aromatic carbocycles. The molecular formula is C16H17F3N8S. The number of halogens is 3. The van der Waals surface area contributed by atoms with Crippen molar-refractivity contribution >= 4 is 16.3 Å². The van der Waals surface area contributed by atoms with E-state index >= 15 is 0 Å². The number of aromatic amines is 1. The first-order chi connectivity index (χ1) is 13.2. The predicted octanol–water partition coefficient (Wildman–Crippen LogP) is 4.05. The lowest BCUT2D eigenvalue weighted by Crippen LogP contribution is -2.11. The Morgan fingerprint density at radius 1 is 1.21 bits per heavy atom. The highest BCUT2D eigenvalue weighted by atomic mass is 32.1. The fraction of sp³-hybridized carbons (Fsp3) is 0.438. The normalized spacial score (nSPS) is 13.5. The smallest absolute Gasteiger partial charge is 0.275 e. The molecule has 0 aliphatic carbocycles. The van der Waals surface area contributed by atoms with Crippen molar-refractivity contribution in [3.8, 4) is 22.0 Å². The zero-order chi connectivity index (χ0) is 20.2. The Kier molecular flexibility index (Phi) is 4.25. The molecule has 8 nitrogen and oxygen atoms in total. The van der Waals surface area contributed by atoms with Crippen molar-refractivity contribution < 1.29 is 13.2 Å². The molecule has 1 N–H and O–H groups in total. The van der Waals surface area contributed by atoms with E-state index in [0.717, 1.165) is 34.7 Å². The second-order valence-electron chi connectivity index (χ2n) is 6.54. The van der Waals surface area contributed by atoms with Gasteiger partial charge in [-0.3, -0.25) is 9.78 Å². The van der Waals surface area contributed by atoms with E-state index in [1.807, 2.05) is 18.5 Å². The molecule has 0 amide bonds. The van der Waals surface area contributed by atoms with E-state index in [-0.39, 0.29) is 11.0 Å². The second kappa shape index (κ2) is 6.40. The molecule has 4 rings (SSSR count). The van der Waals surface area contributed by atoms with Gasteiger partial charge >= 0.3 is 6.18 Å². The molecule has 1 atom stereocenters. The van der Waals surface area contributed by atoms with Crippen molar-refractivity contribution in [3.63, 3.8) is 0 Å². The molecule has 0 saturated heterocycles. The van der Waals surface area contributed by atoms with Gasteiger partial charge in [0, 0.05) is 17.3 Å². The molecule has 0 bridgehead atoms. The van der Waals surface area contributed by atoms with Crippen LogP contribution in [0.5, 0.6) is 0 Å². The molecule has 28 heavy (non-hydrogen) atoms. The summed E-state index contributed by atoms with van der Waals surface area (Å²) in [6, 6.07) is 2.02. The van der Waals surface area contributed by atoms with Crippen LogP contribution in [0, 0.1) is 13.8 Å². The first-order valence-electron chi connectivity index (χ1n) is 8.62. The van der Waals surface area contributed by atoms with E-state index in [1.54, 1.807) is 6.07 Å². The van der Waals surface area contributed by atoms with Gasteiger partial charge < -0.3 is 0 Å². The molecule has 0 unspecified atom stereocenters. The van der Waals surface area contributed by atoms with E-state index in [1.165, 1.54) is 0 Å². The number of hydrogen-bond donors (Lipinski definition) is 1. The summed E-state index contributed by atoms with van der Waals surface area (Å²) < 4.78 is 41.6. The minimum Gasteiger partial charge on any atom is -0.275 e. The topological polar surface area (TPSA) is 89.6 Å². The molecule has 148 valence electrons. The molecule has 4 aromatic rings. The summed E-state index contributed by atoms with van der Waals surface area (Å²) in [7, 11) is 0. The Hall–Kier alpha value is -2.76. The van der Waals surface area contributed by atoms with E-state index in [0.29, 0.717) is 20.9 Å². The molecule has 0 aliphatic heterocycles. The number of aryl methyl sites for hydroxylation is 1. The van der Waals surface area contributed by atoms with Crippen LogP contribution in [0.1, 0.15) is 43.5 Å². The molecule has 0 spiro atoms. The summed E-state index contributed by atoms with van der Waals surface area (Å²) in [6.45, 7) is 8.08. The highest BCUT2D eigenvalue weighted by Gasteiger charge is 2.38. The Labute approximate surface area is 161 Å². The third kappa shape index (κ3) is 2.87. The van der Waals surface area contributed by atoms with Gasteiger partial charge in [-0.15, -0.1) is 10.2 Å². The molecule has 4 aromatic heterocycles.